The minimum absolute atomic E-state index is 0.0478. The molecule has 0 amide bonds. The molecular weight excluding hydrogens is 456 g/mol. The third-order valence-corrected chi connectivity index (χ3v) is 7.05. The lowest BCUT2D eigenvalue weighted by atomic mass is 9.73. The van der Waals surface area contributed by atoms with Crippen molar-refractivity contribution in [3.05, 3.63) is 51.3 Å². The molecule has 1 aliphatic carbocycles. The van der Waals surface area contributed by atoms with Gasteiger partial charge in [-0.15, -0.1) is 0 Å². The van der Waals surface area contributed by atoms with Gasteiger partial charge < -0.3 is 29.7 Å². The fraction of sp³-hybridized carbons (Fsp3) is 0.480. The van der Waals surface area contributed by atoms with Gasteiger partial charge in [0.1, 0.15) is 35.1 Å². The summed E-state index contributed by atoms with van der Waals surface area (Å²) in [6.45, 7) is 5.22. The molecule has 0 spiro atoms. The number of nitrogens with zero attached hydrogens (tertiary/aromatic N) is 2. The van der Waals surface area contributed by atoms with E-state index in [4.69, 9.17) is 17.0 Å². The zero-order chi connectivity index (χ0) is 24.9. The summed E-state index contributed by atoms with van der Waals surface area (Å²) in [5.41, 5.74) is 2.63. The Bertz CT molecular complexity index is 1230. The summed E-state index contributed by atoms with van der Waals surface area (Å²) in [7, 11) is 0. The van der Waals surface area contributed by atoms with Crippen LogP contribution in [0.3, 0.4) is 0 Å². The maximum absolute atomic E-state index is 13.5. The van der Waals surface area contributed by atoms with Gasteiger partial charge in [0.25, 0.3) is 0 Å². The number of aromatic nitrogens is 1. The molecule has 5 atom stereocenters. The van der Waals surface area contributed by atoms with Gasteiger partial charge in [0, 0.05) is 23.2 Å². The second kappa shape index (κ2) is 8.96. The Morgan fingerprint density at radius 3 is 2.35 bits per heavy atom. The van der Waals surface area contributed by atoms with Gasteiger partial charge in [0.2, 0.25) is 0 Å². The molecule has 2 aromatic rings. The van der Waals surface area contributed by atoms with E-state index in [0.717, 1.165) is 5.56 Å². The Kier molecular flexibility index (Phi) is 6.50. The molecule has 1 saturated heterocycles. The van der Waals surface area contributed by atoms with Crippen LogP contribution in [0.25, 0.3) is 11.1 Å². The molecule has 1 aromatic heterocycles. The number of fused-ring (bicyclic) bond motifs is 1. The van der Waals surface area contributed by atoms with Crippen molar-refractivity contribution in [1.29, 1.82) is 5.26 Å². The molecule has 34 heavy (non-hydrogen) atoms. The van der Waals surface area contributed by atoms with Crippen molar-refractivity contribution in [3.63, 3.8) is 0 Å². The molecule has 1 fully saturated rings. The highest BCUT2D eigenvalue weighted by Crippen LogP contribution is 2.43. The zero-order valence-corrected chi connectivity index (χ0v) is 20.0. The molecule has 0 bridgehead atoms. The first-order valence-corrected chi connectivity index (χ1v) is 11.5. The number of nitriles is 1. The van der Waals surface area contributed by atoms with E-state index in [0.29, 0.717) is 28.8 Å². The van der Waals surface area contributed by atoms with Crippen molar-refractivity contribution in [2.75, 3.05) is 6.61 Å². The Balaban J connectivity index is 2.06. The number of pyridine rings is 1. The van der Waals surface area contributed by atoms with E-state index in [1.807, 2.05) is 45.0 Å². The normalized spacial score (nSPS) is 28.3. The van der Waals surface area contributed by atoms with Crippen LogP contribution in [0.2, 0.25) is 0 Å². The number of rotatable bonds is 3. The highest BCUT2D eigenvalue weighted by atomic mass is 32.1. The Labute approximate surface area is 202 Å². The summed E-state index contributed by atoms with van der Waals surface area (Å²) in [6.07, 6.45) is -6.57. The number of carbonyl (C=O) groups excluding carboxylic acids is 1. The van der Waals surface area contributed by atoms with Crippen molar-refractivity contribution in [2.24, 2.45) is 5.41 Å². The minimum atomic E-state index is -1.62. The second-order valence-electron chi connectivity index (χ2n) is 9.89. The largest absolute Gasteiger partial charge is 0.394 e. The third-order valence-electron chi connectivity index (χ3n) is 6.65. The molecule has 1 aromatic carbocycles. The maximum Gasteiger partial charge on any atom is 0.165 e. The molecule has 4 N–H and O–H groups in total. The monoisotopic (exact) mass is 484 g/mol. The van der Waals surface area contributed by atoms with Crippen LogP contribution < -0.4 is 0 Å². The molecule has 0 radical (unpaired) electrons. The van der Waals surface area contributed by atoms with Crippen LogP contribution >= 0.6 is 12.2 Å². The minimum Gasteiger partial charge on any atom is -0.394 e. The van der Waals surface area contributed by atoms with E-state index in [9.17, 15) is 30.5 Å². The lowest BCUT2D eigenvalue weighted by Crippen LogP contribution is -2.57. The topological polar surface area (TPSA) is 136 Å². The third kappa shape index (κ3) is 4.01. The van der Waals surface area contributed by atoms with Crippen molar-refractivity contribution in [3.8, 4) is 17.2 Å². The second-order valence-corrected chi connectivity index (χ2v) is 10.3. The predicted octanol–water partition coefficient (Wildman–Crippen LogP) is 2.19. The summed E-state index contributed by atoms with van der Waals surface area (Å²) in [4.78, 5) is 13.5. The van der Waals surface area contributed by atoms with Gasteiger partial charge in [0.05, 0.1) is 12.2 Å². The number of Topliss-reactive ketones (excluding diaryl/α,β-unsaturated/α-hetero) is 1. The quantitative estimate of drug-likeness (QED) is 0.487. The van der Waals surface area contributed by atoms with Crippen LogP contribution in [0.4, 0.5) is 0 Å². The Morgan fingerprint density at radius 2 is 1.76 bits per heavy atom. The van der Waals surface area contributed by atoms with Crippen molar-refractivity contribution in [1.82, 2.24) is 4.57 Å². The molecule has 180 valence electrons. The van der Waals surface area contributed by atoms with Gasteiger partial charge in [-0.25, -0.2) is 0 Å². The van der Waals surface area contributed by atoms with Gasteiger partial charge >= 0.3 is 0 Å². The molecule has 1 aliphatic heterocycles. The maximum atomic E-state index is 13.5. The summed E-state index contributed by atoms with van der Waals surface area (Å²) in [5, 5.41) is 51.2. The van der Waals surface area contributed by atoms with E-state index >= 15 is 0 Å². The van der Waals surface area contributed by atoms with Crippen LogP contribution in [-0.2, 0) is 11.2 Å². The van der Waals surface area contributed by atoms with Gasteiger partial charge in [-0.3, -0.25) is 4.79 Å². The predicted molar refractivity (Wildman–Crippen MR) is 126 cm³/mol. The van der Waals surface area contributed by atoms with Crippen LogP contribution in [0, 0.1) is 28.3 Å². The van der Waals surface area contributed by atoms with E-state index in [1.54, 1.807) is 0 Å². The lowest BCUT2D eigenvalue weighted by Gasteiger charge is -2.43. The number of ketones is 1. The molecule has 0 unspecified atom stereocenters. The van der Waals surface area contributed by atoms with Crippen molar-refractivity contribution in [2.45, 2.75) is 64.3 Å². The standard InChI is InChI=1S/C25H28N2O6S/c1-12-4-6-13(7-5-12)18-14(10-26)24(34)27(15-8-25(2,3)9-16(29)19(15)18)23-22(32)21(31)20(30)17(11-28)33-23/h4-7,17,20-23,28,30-32H,8-9,11H2,1-3H3/t17-,20+,21+,22-,23-/m1/s1. The van der Waals surface area contributed by atoms with Gasteiger partial charge in [0.15, 0.2) is 12.0 Å². The summed E-state index contributed by atoms with van der Waals surface area (Å²) < 4.78 is 7.26. The number of aliphatic hydroxyl groups is 4. The van der Waals surface area contributed by atoms with Crippen LogP contribution in [0.5, 0.6) is 0 Å². The van der Waals surface area contributed by atoms with E-state index in [2.05, 4.69) is 6.07 Å². The number of aryl methyl sites for hydroxylation is 1. The highest BCUT2D eigenvalue weighted by Gasteiger charge is 2.46. The molecule has 4 rings (SSSR count). The molecule has 9 heteroatoms. The van der Waals surface area contributed by atoms with Crippen molar-refractivity contribution < 1.29 is 30.0 Å². The van der Waals surface area contributed by atoms with Crippen LogP contribution in [0.15, 0.2) is 24.3 Å². The molecule has 0 saturated carbocycles. The van der Waals surface area contributed by atoms with Gasteiger partial charge in [-0.2, -0.15) is 5.26 Å². The number of benzene rings is 1. The highest BCUT2D eigenvalue weighted by molar-refractivity contribution is 7.71. The first kappa shape index (κ1) is 24.7. The van der Waals surface area contributed by atoms with Gasteiger partial charge in [-0.1, -0.05) is 55.9 Å². The van der Waals surface area contributed by atoms with E-state index in [1.165, 1.54) is 4.57 Å². The van der Waals surface area contributed by atoms with Crippen LogP contribution in [0.1, 0.15) is 53.7 Å². The average Bonchev–Trinajstić information content (AvgIpc) is 2.77. The fourth-order valence-corrected chi connectivity index (χ4v) is 5.29. The fourth-order valence-electron chi connectivity index (χ4n) is 4.93. The first-order valence-electron chi connectivity index (χ1n) is 11.1. The molecule has 2 aliphatic rings. The molecule has 2 heterocycles. The lowest BCUT2D eigenvalue weighted by molar-refractivity contribution is -0.252. The number of carbonyl (C=O) groups is 1. The summed E-state index contributed by atoms with van der Waals surface area (Å²) >= 11 is 5.71. The molecular formula is C25H28N2O6S. The number of aliphatic hydroxyl groups excluding tert-OH is 4. The SMILES string of the molecule is Cc1ccc(-c2c3c(n([C@@H]4O[C@H](CO)[C@H](O)[C@H](O)[C@H]4O)c(=S)c2C#N)CC(C)(C)CC3=O)cc1. The molecule has 8 nitrogen and oxygen atoms in total. The zero-order valence-electron chi connectivity index (χ0n) is 19.2. The summed E-state index contributed by atoms with van der Waals surface area (Å²) in [5.74, 6) is -0.160. The number of hydrogen-bond acceptors (Lipinski definition) is 8. The Hall–Kier alpha value is -2.45. The Morgan fingerprint density at radius 1 is 1.12 bits per heavy atom. The number of ether oxygens (including phenoxy) is 1. The van der Waals surface area contributed by atoms with Crippen LogP contribution in [-0.4, -0.2) is 61.8 Å². The summed E-state index contributed by atoms with van der Waals surface area (Å²) in [6, 6.07) is 9.59. The number of hydrogen-bond donors (Lipinski definition) is 4. The average molecular weight is 485 g/mol. The van der Waals surface area contributed by atoms with Gasteiger partial charge in [-0.05, 0) is 24.3 Å². The van der Waals surface area contributed by atoms with Crippen molar-refractivity contribution >= 4 is 18.0 Å². The first-order chi connectivity index (χ1) is 16.0. The van der Waals surface area contributed by atoms with E-state index < -0.39 is 42.7 Å². The smallest absolute Gasteiger partial charge is 0.165 e. The van der Waals surface area contributed by atoms with E-state index in [-0.39, 0.29) is 22.4 Å².